The number of sulfonamides is 1. The van der Waals surface area contributed by atoms with E-state index in [1.807, 2.05) is 12.1 Å². The van der Waals surface area contributed by atoms with Gasteiger partial charge in [0.15, 0.2) is 9.84 Å². The maximum atomic E-state index is 13.2. The van der Waals surface area contributed by atoms with Crippen LogP contribution in [-0.4, -0.2) is 205 Å². The van der Waals surface area contributed by atoms with Gasteiger partial charge in [0.25, 0.3) is 0 Å². The predicted molar refractivity (Wildman–Crippen MR) is 335 cm³/mol. The van der Waals surface area contributed by atoms with Crippen molar-refractivity contribution in [2.24, 2.45) is 0 Å². The first-order valence-corrected chi connectivity index (χ1v) is 34.5. The lowest BCUT2D eigenvalue weighted by molar-refractivity contribution is -0.119. The zero-order valence-corrected chi connectivity index (χ0v) is 53.9. The van der Waals surface area contributed by atoms with Crippen LogP contribution in [0.4, 0.5) is 4.79 Å². The number of benzene rings is 4. The van der Waals surface area contributed by atoms with E-state index in [1.54, 1.807) is 48.5 Å². The van der Waals surface area contributed by atoms with Crippen LogP contribution in [0.1, 0.15) is 79.4 Å². The summed E-state index contributed by atoms with van der Waals surface area (Å²) in [4.78, 5) is 34.4. The summed E-state index contributed by atoms with van der Waals surface area (Å²) < 4.78 is 90.5. The molecule has 474 valence electrons. The summed E-state index contributed by atoms with van der Waals surface area (Å²) >= 11 is 26.1. The van der Waals surface area contributed by atoms with E-state index in [4.69, 9.17) is 74.8 Å². The Bertz CT molecular complexity index is 2850. The molecule has 2 aliphatic heterocycles. The first-order chi connectivity index (χ1) is 41.4. The van der Waals surface area contributed by atoms with Crippen molar-refractivity contribution < 1.29 is 54.8 Å². The molecular formula is C61H83Cl4N7O12S2. The number of halogens is 4. The number of carbonyl (C=O) groups excluding carboxylic acids is 2. The number of nitrogens with one attached hydrogen (secondary N) is 3. The Balaban J connectivity index is 0.579. The van der Waals surface area contributed by atoms with E-state index in [0.29, 0.717) is 103 Å². The summed E-state index contributed by atoms with van der Waals surface area (Å²) in [6, 6.07) is 20.2. The smallest absolute Gasteiger partial charge is 0.314 e. The third-order valence-corrected chi connectivity index (χ3v) is 20.5. The average molecular weight is 1310 g/mol. The second kappa shape index (κ2) is 33.8. The van der Waals surface area contributed by atoms with Crippen molar-refractivity contribution in [1.29, 1.82) is 0 Å². The molecular weight excluding hydrogens is 1230 g/mol. The van der Waals surface area contributed by atoms with Crippen LogP contribution in [0.3, 0.4) is 0 Å². The molecule has 4 atom stereocenters. The number of ether oxygens (including phenoxy) is 6. The number of unbranched alkanes of at least 4 members (excludes halogenated alkanes) is 2. The van der Waals surface area contributed by atoms with Crippen molar-refractivity contribution in [1.82, 2.24) is 35.0 Å². The number of ketones is 1. The summed E-state index contributed by atoms with van der Waals surface area (Å²) in [5.41, 5.74) is 3.99. The lowest BCUT2D eigenvalue weighted by Gasteiger charge is -2.38. The fraction of sp³-hybridized carbons (Fsp3) is 0.574. The third kappa shape index (κ3) is 20.3. The number of urea groups is 1. The van der Waals surface area contributed by atoms with Gasteiger partial charge in [0.1, 0.15) is 29.5 Å². The van der Waals surface area contributed by atoms with E-state index < -0.39 is 19.9 Å². The molecule has 0 unspecified atom stereocenters. The highest BCUT2D eigenvalue weighted by Crippen LogP contribution is 2.45. The molecule has 2 saturated heterocycles. The van der Waals surface area contributed by atoms with Gasteiger partial charge in [-0.2, -0.15) is 0 Å². The van der Waals surface area contributed by atoms with Gasteiger partial charge < -0.3 is 48.9 Å². The Hall–Kier alpha value is -3.88. The SMILES string of the molecule is CN1CCN([C@H]2Cc3c(Cl)cc(Cl)cc3[C@@H]2Oc2ccc(S(=O)(=O)CCCOCCOCCNC(=O)NCCCCCC(=O)CCCOCCOCCNS(=O)(=O)c3ccc(O[C@H]4c5cc(Cl)cc(Cl)c5C[C@@H]4N4CCN(C)CC4)cc3)cc2)CC1. The maximum Gasteiger partial charge on any atom is 0.314 e. The van der Waals surface area contributed by atoms with Gasteiger partial charge in [-0.15, -0.1) is 0 Å². The minimum atomic E-state index is -3.79. The number of amides is 2. The summed E-state index contributed by atoms with van der Waals surface area (Å²) in [6.07, 6.45) is 4.96. The van der Waals surface area contributed by atoms with Gasteiger partial charge in [-0.25, -0.2) is 26.4 Å². The maximum absolute atomic E-state index is 13.2. The van der Waals surface area contributed by atoms with Crippen molar-refractivity contribution in [2.75, 3.05) is 145 Å². The Kier molecular flexibility index (Phi) is 26.7. The molecule has 86 heavy (non-hydrogen) atoms. The van der Waals surface area contributed by atoms with Crippen LogP contribution in [0.25, 0.3) is 0 Å². The molecule has 4 aromatic rings. The van der Waals surface area contributed by atoms with E-state index in [-0.39, 0.29) is 78.0 Å². The fourth-order valence-electron chi connectivity index (χ4n) is 11.2. The van der Waals surface area contributed by atoms with Crippen molar-refractivity contribution in [2.45, 2.75) is 91.9 Å². The second-order valence-corrected chi connectivity index (χ2v) is 27.9. The third-order valence-electron chi connectivity index (χ3n) is 16.1. The molecule has 4 aromatic carbocycles. The molecule has 25 heteroatoms. The largest absolute Gasteiger partial charge is 0.484 e. The standard InChI is InChI=1S/C61H83Cl4N7O12S2/c1-69-21-25-71(26-22-69)57-42-51-53(38-44(62)40-55(51)64)59(57)83-47-10-14-49(15-11-47)85(75,76)37-7-30-80-34-35-81-31-19-67-61(74)66-18-5-3-4-8-46(73)9-6-29-79-33-36-82-32-20-68-86(77,78)50-16-12-48(13-17-50)84-60-54-39-45(63)41-56(65)52(54)43-58(60)72-27-23-70(2)24-28-72/h10-17,38-41,57-60,68H,3-9,18-37,42-43H2,1-2H3,(H2,66,67,74)/t57-,58-,59-,60-/m0/s1. The van der Waals surface area contributed by atoms with Gasteiger partial charge in [0, 0.05) is 129 Å². The van der Waals surface area contributed by atoms with Crippen molar-refractivity contribution in [3.8, 4) is 11.5 Å². The van der Waals surface area contributed by atoms with Gasteiger partial charge >= 0.3 is 6.03 Å². The Morgan fingerprint density at radius 1 is 0.512 bits per heavy atom. The van der Waals surface area contributed by atoms with Gasteiger partial charge in [-0.05, 0) is 137 Å². The minimum Gasteiger partial charge on any atom is -0.484 e. The number of hydrogen-bond acceptors (Lipinski definition) is 16. The number of fused-ring (bicyclic) bond motifs is 2. The summed E-state index contributed by atoms with van der Waals surface area (Å²) in [5, 5.41) is 7.92. The highest BCUT2D eigenvalue weighted by molar-refractivity contribution is 7.91. The molecule has 2 aliphatic carbocycles. The highest BCUT2D eigenvalue weighted by atomic mass is 35.5. The van der Waals surface area contributed by atoms with Crippen molar-refractivity contribution in [3.63, 3.8) is 0 Å². The zero-order valence-electron chi connectivity index (χ0n) is 49.3. The first kappa shape index (κ1) is 68.0. The predicted octanol–water partition coefficient (Wildman–Crippen LogP) is 8.30. The number of rotatable bonds is 35. The van der Waals surface area contributed by atoms with E-state index >= 15 is 0 Å². The van der Waals surface area contributed by atoms with E-state index in [1.165, 1.54) is 12.1 Å². The van der Waals surface area contributed by atoms with Crippen LogP contribution in [0.2, 0.25) is 20.1 Å². The number of piperazine rings is 2. The number of hydrogen-bond donors (Lipinski definition) is 3. The van der Waals surface area contributed by atoms with Crippen LogP contribution in [0.15, 0.2) is 82.6 Å². The van der Waals surface area contributed by atoms with E-state index in [2.05, 4.69) is 49.1 Å². The molecule has 2 fully saturated rings. The van der Waals surface area contributed by atoms with E-state index in [0.717, 1.165) is 107 Å². The molecule has 0 aromatic heterocycles. The van der Waals surface area contributed by atoms with Gasteiger partial charge in [0.05, 0.1) is 67.3 Å². The molecule has 19 nitrogen and oxygen atoms in total. The molecule has 2 amide bonds. The molecule has 8 rings (SSSR count). The summed E-state index contributed by atoms with van der Waals surface area (Å²) in [5.74, 6) is 1.22. The van der Waals surface area contributed by atoms with Crippen LogP contribution >= 0.6 is 46.4 Å². The minimum absolute atomic E-state index is 0.0675. The second-order valence-electron chi connectivity index (χ2n) is 22.3. The van der Waals surface area contributed by atoms with E-state index in [9.17, 15) is 26.4 Å². The molecule has 0 spiro atoms. The molecule has 2 heterocycles. The number of likely N-dealkylation sites (N-methyl/N-ethyl adjacent to an activating group) is 2. The zero-order chi connectivity index (χ0) is 61.1. The lowest BCUT2D eigenvalue weighted by Crippen LogP contribution is -2.50. The molecule has 0 saturated carbocycles. The Labute approximate surface area is 527 Å². The number of sulfone groups is 1. The van der Waals surface area contributed by atoms with Gasteiger partial charge in [-0.1, -0.05) is 52.8 Å². The highest BCUT2D eigenvalue weighted by Gasteiger charge is 2.42. The molecule has 3 N–H and O–H groups in total. The molecule has 0 radical (unpaired) electrons. The van der Waals surface area contributed by atoms with Crippen molar-refractivity contribution in [3.05, 3.63) is 115 Å². The first-order valence-electron chi connectivity index (χ1n) is 29.8. The number of Topliss-reactive ketones (excluding diaryl/α,β-unsaturated/α-hetero) is 1. The quantitative estimate of drug-likeness (QED) is 0.0370. The molecule has 4 aliphatic rings. The summed E-state index contributed by atoms with van der Waals surface area (Å²) in [6.45, 7) is 10.7. The Morgan fingerprint density at radius 3 is 1.49 bits per heavy atom. The molecule has 0 bridgehead atoms. The van der Waals surface area contributed by atoms with Crippen LogP contribution in [-0.2, 0) is 56.4 Å². The van der Waals surface area contributed by atoms with Crippen LogP contribution in [0, 0.1) is 0 Å². The van der Waals surface area contributed by atoms with Gasteiger partial charge in [0.2, 0.25) is 10.0 Å². The van der Waals surface area contributed by atoms with Crippen LogP contribution < -0.4 is 24.8 Å². The lowest BCUT2D eigenvalue weighted by atomic mass is 10.1. The van der Waals surface area contributed by atoms with Crippen LogP contribution in [0.5, 0.6) is 11.5 Å². The van der Waals surface area contributed by atoms with Gasteiger partial charge in [-0.3, -0.25) is 14.6 Å². The average Bonchev–Trinajstić information content (AvgIpc) is 2.36. The number of nitrogens with zero attached hydrogens (tertiary/aromatic N) is 4. The monoisotopic (exact) mass is 1310 g/mol. The van der Waals surface area contributed by atoms with Crippen molar-refractivity contribution >= 4 is 78.1 Å². The Morgan fingerprint density at radius 2 is 0.965 bits per heavy atom. The fourth-order valence-corrected chi connectivity index (χ4v) is 14.7. The number of carbonyl (C=O) groups is 2. The normalized spacial score (nSPS) is 19.6. The summed E-state index contributed by atoms with van der Waals surface area (Å²) in [7, 11) is -3.09. The topological polar surface area (TPSA) is 207 Å².